The van der Waals surface area contributed by atoms with E-state index in [9.17, 15) is 4.79 Å². The van der Waals surface area contributed by atoms with Crippen LogP contribution in [0.4, 0.5) is 0 Å². The summed E-state index contributed by atoms with van der Waals surface area (Å²) in [5.41, 5.74) is 0.963. The van der Waals surface area contributed by atoms with Crippen LogP contribution in [-0.4, -0.2) is 20.4 Å². The molecule has 0 radical (unpaired) electrons. The third kappa shape index (κ3) is 3.18. The molecule has 0 atom stereocenters. The highest BCUT2D eigenvalue weighted by molar-refractivity contribution is 9.10. The van der Waals surface area contributed by atoms with Gasteiger partial charge in [-0.3, -0.25) is 9.89 Å². The largest absolute Gasteiger partial charge is 0.351 e. The molecule has 1 amide bonds. The van der Waals surface area contributed by atoms with Crippen molar-refractivity contribution in [1.82, 2.24) is 15.5 Å². The van der Waals surface area contributed by atoms with Gasteiger partial charge in [-0.1, -0.05) is 15.9 Å². The predicted molar refractivity (Wildman–Crippen MR) is 53.4 cm³/mol. The summed E-state index contributed by atoms with van der Waals surface area (Å²) in [6, 6.07) is 0. The van der Waals surface area contributed by atoms with E-state index in [1.165, 1.54) is 0 Å². The molecule has 0 spiro atoms. The smallest absolute Gasteiger partial charge is 0.236 e. The zero-order valence-corrected chi connectivity index (χ0v) is 9.18. The Labute approximate surface area is 85.2 Å². The van der Waals surface area contributed by atoms with Gasteiger partial charge in [0.05, 0.1) is 10.5 Å². The number of hydrogen-bond donors (Lipinski definition) is 2. The van der Waals surface area contributed by atoms with Gasteiger partial charge in [0.1, 0.15) is 0 Å². The number of aromatic amines is 1. The first-order valence-electron chi connectivity index (χ1n) is 3.95. The van der Waals surface area contributed by atoms with Gasteiger partial charge in [-0.25, -0.2) is 0 Å². The predicted octanol–water partition coefficient (Wildman–Crippen LogP) is 1.20. The van der Waals surface area contributed by atoms with Crippen molar-refractivity contribution in [3.05, 3.63) is 18.0 Å². The molecule has 1 aromatic heterocycles. The normalized spacial score (nSPS) is 11.3. The Bertz CT molecular complexity index is 276. The number of halogens is 1. The molecule has 5 heteroatoms. The lowest BCUT2D eigenvalue weighted by atomic mass is 10.2. The Morgan fingerprint density at radius 1 is 1.77 bits per heavy atom. The molecule has 72 valence electrons. The van der Waals surface area contributed by atoms with Crippen LogP contribution in [0.1, 0.15) is 19.4 Å². The number of nitrogens with zero attached hydrogens (tertiary/aromatic N) is 1. The van der Waals surface area contributed by atoms with Crippen LogP contribution in [0, 0.1) is 0 Å². The molecule has 0 unspecified atom stereocenters. The van der Waals surface area contributed by atoms with Crippen molar-refractivity contribution < 1.29 is 4.79 Å². The summed E-state index contributed by atoms with van der Waals surface area (Å²) in [6.07, 6.45) is 3.43. The zero-order valence-electron chi connectivity index (χ0n) is 7.60. The quantitative estimate of drug-likeness (QED) is 0.787. The van der Waals surface area contributed by atoms with Gasteiger partial charge in [0.2, 0.25) is 5.91 Å². The molecule has 0 fully saturated rings. The molecule has 0 bridgehead atoms. The molecule has 0 saturated heterocycles. The van der Waals surface area contributed by atoms with E-state index >= 15 is 0 Å². The Kier molecular flexibility index (Phi) is 3.08. The number of carbonyl (C=O) groups excluding carboxylic acids is 1. The van der Waals surface area contributed by atoms with E-state index < -0.39 is 4.32 Å². The molecule has 13 heavy (non-hydrogen) atoms. The maximum atomic E-state index is 11.4. The number of H-pyrrole nitrogens is 1. The zero-order chi connectivity index (χ0) is 9.90. The van der Waals surface area contributed by atoms with Gasteiger partial charge in [0, 0.05) is 18.3 Å². The second kappa shape index (κ2) is 3.91. The third-order valence-electron chi connectivity index (χ3n) is 1.55. The molecule has 1 aromatic rings. The number of alkyl halides is 1. The van der Waals surface area contributed by atoms with Gasteiger partial charge in [-0.2, -0.15) is 5.10 Å². The van der Waals surface area contributed by atoms with Gasteiger partial charge in [0.25, 0.3) is 0 Å². The number of aromatic nitrogens is 2. The number of amides is 1. The van der Waals surface area contributed by atoms with Gasteiger partial charge >= 0.3 is 0 Å². The van der Waals surface area contributed by atoms with Crippen molar-refractivity contribution >= 4 is 21.8 Å². The second-order valence-electron chi connectivity index (χ2n) is 3.26. The summed E-state index contributed by atoms with van der Waals surface area (Å²) in [4.78, 5) is 11.4. The molecule has 1 rings (SSSR count). The minimum Gasteiger partial charge on any atom is -0.351 e. The van der Waals surface area contributed by atoms with Gasteiger partial charge in [-0.15, -0.1) is 0 Å². The minimum atomic E-state index is -0.517. The summed E-state index contributed by atoms with van der Waals surface area (Å²) in [6.45, 7) is 4.11. The fraction of sp³-hybridized carbons (Fsp3) is 0.500. The first-order chi connectivity index (χ1) is 6.00. The van der Waals surface area contributed by atoms with Crippen molar-refractivity contribution in [2.75, 3.05) is 0 Å². The molecule has 1 heterocycles. The van der Waals surface area contributed by atoms with Gasteiger partial charge < -0.3 is 5.32 Å². The van der Waals surface area contributed by atoms with E-state index in [2.05, 4.69) is 31.4 Å². The molecule has 0 aromatic carbocycles. The summed E-state index contributed by atoms with van der Waals surface area (Å²) in [7, 11) is 0. The maximum Gasteiger partial charge on any atom is 0.236 e. The van der Waals surface area contributed by atoms with Crippen LogP contribution >= 0.6 is 15.9 Å². The highest BCUT2D eigenvalue weighted by Gasteiger charge is 2.22. The SMILES string of the molecule is CC(C)(Br)C(=O)NCc1cn[nH]c1. The van der Waals surface area contributed by atoms with Crippen molar-refractivity contribution in [1.29, 1.82) is 0 Å². The van der Waals surface area contributed by atoms with Crippen molar-refractivity contribution in [2.45, 2.75) is 24.7 Å². The average molecular weight is 246 g/mol. The van der Waals surface area contributed by atoms with Crippen LogP contribution in [0.3, 0.4) is 0 Å². The van der Waals surface area contributed by atoms with Crippen LogP contribution in [0.2, 0.25) is 0 Å². The Morgan fingerprint density at radius 2 is 2.46 bits per heavy atom. The fourth-order valence-corrected chi connectivity index (χ4v) is 0.907. The van der Waals surface area contributed by atoms with E-state index in [4.69, 9.17) is 0 Å². The molecule has 0 aliphatic heterocycles. The van der Waals surface area contributed by atoms with Gasteiger partial charge in [-0.05, 0) is 13.8 Å². The summed E-state index contributed by atoms with van der Waals surface area (Å²) in [5.74, 6) is -0.0336. The topological polar surface area (TPSA) is 57.8 Å². The Morgan fingerprint density at radius 3 is 2.92 bits per heavy atom. The average Bonchev–Trinajstić information content (AvgIpc) is 2.50. The maximum absolute atomic E-state index is 11.4. The lowest BCUT2D eigenvalue weighted by Gasteiger charge is -2.14. The summed E-state index contributed by atoms with van der Waals surface area (Å²) in [5, 5.41) is 9.23. The molecule has 0 aliphatic carbocycles. The standard InChI is InChI=1S/C8H12BrN3O/c1-8(2,9)7(13)10-3-6-4-11-12-5-6/h4-5H,3H2,1-2H3,(H,10,13)(H,11,12). The Balaban J connectivity index is 2.40. The highest BCUT2D eigenvalue weighted by atomic mass is 79.9. The second-order valence-corrected chi connectivity index (χ2v) is 5.24. The molecule has 2 N–H and O–H groups in total. The monoisotopic (exact) mass is 245 g/mol. The van der Waals surface area contributed by atoms with E-state index in [0.29, 0.717) is 6.54 Å². The van der Waals surface area contributed by atoms with E-state index in [-0.39, 0.29) is 5.91 Å². The van der Waals surface area contributed by atoms with Gasteiger partial charge in [0.15, 0.2) is 0 Å². The van der Waals surface area contributed by atoms with Crippen LogP contribution in [0.15, 0.2) is 12.4 Å². The number of nitrogens with one attached hydrogen (secondary N) is 2. The molecule has 0 aliphatic rings. The van der Waals surface area contributed by atoms with Crippen LogP contribution in [0.5, 0.6) is 0 Å². The van der Waals surface area contributed by atoms with E-state index in [1.807, 2.05) is 0 Å². The molecule has 4 nitrogen and oxygen atoms in total. The van der Waals surface area contributed by atoms with E-state index in [0.717, 1.165) is 5.56 Å². The summed E-state index contributed by atoms with van der Waals surface area (Å²) < 4.78 is -0.517. The summed E-state index contributed by atoms with van der Waals surface area (Å²) >= 11 is 3.27. The molecular weight excluding hydrogens is 234 g/mol. The number of hydrogen-bond acceptors (Lipinski definition) is 2. The Hall–Kier alpha value is -0.840. The van der Waals surface area contributed by atoms with Crippen LogP contribution in [-0.2, 0) is 11.3 Å². The van der Waals surface area contributed by atoms with E-state index in [1.54, 1.807) is 26.2 Å². The van der Waals surface area contributed by atoms with Crippen molar-refractivity contribution in [2.24, 2.45) is 0 Å². The lowest BCUT2D eigenvalue weighted by molar-refractivity contribution is -0.122. The van der Waals surface area contributed by atoms with Crippen molar-refractivity contribution in [3.8, 4) is 0 Å². The lowest BCUT2D eigenvalue weighted by Crippen LogP contribution is -2.36. The van der Waals surface area contributed by atoms with Crippen LogP contribution < -0.4 is 5.32 Å². The number of carbonyl (C=O) groups is 1. The first-order valence-corrected chi connectivity index (χ1v) is 4.74. The van der Waals surface area contributed by atoms with Crippen molar-refractivity contribution in [3.63, 3.8) is 0 Å². The molecule has 0 saturated carbocycles. The number of rotatable bonds is 3. The van der Waals surface area contributed by atoms with Crippen LogP contribution in [0.25, 0.3) is 0 Å². The highest BCUT2D eigenvalue weighted by Crippen LogP contribution is 2.15. The molecular formula is C8H12BrN3O. The third-order valence-corrected chi connectivity index (χ3v) is 1.91. The first kappa shape index (κ1) is 10.2. The minimum absolute atomic E-state index is 0.0336. The fourth-order valence-electron chi connectivity index (χ4n) is 0.767.